The Morgan fingerprint density at radius 1 is 0.952 bits per heavy atom. The summed E-state index contributed by atoms with van der Waals surface area (Å²) in [6.07, 6.45) is 0. The van der Waals surface area contributed by atoms with Gasteiger partial charge >= 0.3 is 0 Å². The molecule has 0 fully saturated rings. The molecule has 21 heavy (non-hydrogen) atoms. The zero-order chi connectivity index (χ0) is 15.5. The summed E-state index contributed by atoms with van der Waals surface area (Å²) < 4.78 is 23.9. The molecule has 0 aromatic heterocycles. The zero-order valence-corrected chi connectivity index (χ0v) is 12.8. The third kappa shape index (κ3) is 3.95. The van der Waals surface area contributed by atoms with Crippen LogP contribution in [0.4, 0.5) is 0 Å². The van der Waals surface area contributed by atoms with Gasteiger partial charge in [0.25, 0.3) is 15.9 Å². The van der Waals surface area contributed by atoms with Gasteiger partial charge in [0.15, 0.2) is 0 Å². The van der Waals surface area contributed by atoms with Crippen molar-refractivity contribution in [3.8, 4) is 0 Å². The summed E-state index contributed by atoms with van der Waals surface area (Å²) in [5.74, 6) is -0.655. The van der Waals surface area contributed by atoms with Gasteiger partial charge in [-0.25, -0.2) is 8.42 Å². The van der Waals surface area contributed by atoms with E-state index in [-0.39, 0.29) is 15.5 Å². The largest absolute Gasteiger partial charge is 0.273 e. The molecule has 2 rings (SSSR count). The van der Waals surface area contributed by atoms with E-state index in [4.69, 9.17) is 23.2 Å². The number of nitrogens with one attached hydrogen (secondary N) is 2. The summed E-state index contributed by atoms with van der Waals surface area (Å²) >= 11 is 11.5. The monoisotopic (exact) mass is 344 g/mol. The molecule has 0 aliphatic carbocycles. The maximum absolute atomic E-state index is 12.0. The van der Waals surface area contributed by atoms with E-state index in [0.29, 0.717) is 5.02 Å². The summed E-state index contributed by atoms with van der Waals surface area (Å²) in [6.45, 7) is 0. The molecule has 0 radical (unpaired) electrons. The van der Waals surface area contributed by atoms with E-state index >= 15 is 0 Å². The second-order valence-corrected chi connectivity index (χ2v) is 6.52. The predicted octanol–water partition coefficient (Wildman–Crippen LogP) is 2.62. The van der Waals surface area contributed by atoms with Gasteiger partial charge in [-0.05, 0) is 36.4 Å². The van der Waals surface area contributed by atoms with Gasteiger partial charge in [-0.15, -0.1) is 4.83 Å². The lowest BCUT2D eigenvalue weighted by Crippen LogP contribution is -2.41. The van der Waals surface area contributed by atoms with Crippen molar-refractivity contribution in [2.75, 3.05) is 0 Å². The summed E-state index contributed by atoms with van der Waals surface area (Å²) in [5.41, 5.74) is 2.26. The van der Waals surface area contributed by atoms with Crippen molar-refractivity contribution >= 4 is 39.1 Å². The Labute approximate surface area is 131 Å². The number of amides is 1. The molecule has 0 unspecified atom stereocenters. The molecule has 0 atom stereocenters. The first-order valence-corrected chi connectivity index (χ1v) is 7.96. The van der Waals surface area contributed by atoms with E-state index in [1.807, 2.05) is 4.83 Å². The first-order valence-electron chi connectivity index (χ1n) is 5.72. The first kappa shape index (κ1) is 15.8. The molecule has 1 amide bonds. The van der Waals surface area contributed by atoms with E-state index in [1.165, 1.54) is 36.4 Å². The van der Waals surface area contributed by atoms with Crippen molar-refractivity contribution in [1.29, 1.82) is 0 Å². The molecular formula is C13H10Cl2N2O3S. The lowest BCUT2D eigenvalue weighted by atomic mass is 10.2. The standard InChI is InChI=1S/C13H10Cl2N2O3S/c14-9-5-7-10(8-6-9)21(19,20)17-16-13(18)11-3-1-2-4-12(11)15/h1-8,17H,(H,16,18). The smallest absolute Gasteiger partial charge is 0.267 e. The Kier molecular flexibility index (Phi) is 4.84. The molecule has 0 spiro atoms. The third-order valence-electron chi connectivity index (χ3n) is 2.54. The molecule has 5 nitrogen and oxygen atoms in total. The molecule has 0 saturated heterocycles. The SMILES string of the molecule is O=C(NNS(=O)(=O)c1ccc(Cl)cc1)c1ccccc1Cl. The lowest BCUT2D eigenvalue weighted by Gasteiger charge is -2.09. The van der Waals surface area contributed by atoms with Crippen LogP contribution >= 0.6 is 23.2 Å². The Morgan fingerprint density at radius 2 is 1.57 bits per heavy atom. The van der Waals surface area contributed by atoms with Gasteiger partial charge in [-0.1, -0.05) is 35.3 Å². The predicted molar refractivity (Wildman–Crippen MR) is 80.7 cm³/mol. The highest BCUT2D eigenvalue weighted by Crippen LogP contribution is 2.15. The minimum absolute atomic E-state index is 0.0219. The van der Waals surface area contributed by atoms with E-state index in [9.17, 15) is 13.2 Å². The normalized spacial score (nSPS) is 11.1. The van der Waals surface area contributed by atoms with Crippen LogP contribution in [0.2, 0.25) is 10.0 Å². The van der Waals surface area contributed by atoms with Crippen LogP contribution in [0.25, 0.3) is 0 Å². The van der Waals surface area contributed by atoms with Crippen LogP contribution in [0, 0.1) is 0 Å². The van der Waals surface area contributed by atoms with Gasteiger partial charge in [0.1, 0.15) is 0 Å². The van der Waals surface area contributed by atoms with Gasteiger partial charge in [0, 0.05) is 5.02 Å². The van der Waals surface area contributed by atoms with Gasteiger partial charge < -0.3 is 0 Å². The average Bonchev–Trinajstić information content (AvgIpc) is 2.46. The van der Waals surface area contributed by atoms with Crippen LogP contribution in [0.3, 0.4) is 0 Å². The van der Waals surface area contributed by atoms with E-state index in [1.54, 1.807) is 12.1 Å². The molecule has 0 aliphatic heterocycles. The molecule has 0 bridgehead atoms. The number of sulfonamides is 1. The molecule has 0 saturated carbocycles. The number of hydrazine groups is 1. The second kappa shape index (κ2) is 6.44. The van der Waals surface area contributed by atoms with Crippen LogP contribution < -0.4 is 10.3 Å². The highest BCUT2D eigenvalue weighted by atomic mass is 35.5. The van der Waals surface area contributed by atoms with Gasteiger partial charge in [-0.2, -0.15) is 0 Å². The van der Waals surface area contributed by atoms with Crippen LogP contribution in [0.5, 0.6) is 0 Å². The minimum Gasteiger partial charge on any atom is -0.273 e. The van der Waals surface area contributed by atoms with E-state index in [2.05, 4.69) is 5.43 Å². The van der Waals surface area contributed by atoms with Crippen LogP contribution in [0.1, 0.15) is 10.4 Å². The fraction of sp³-hybridized carbons (Fsp3) is 0. The quantitative estimate of drug-likeness (QED) is 0.837. The van der Waals surface area contributed by atoms with Crippen molar-refractivity contribution in [3.05, 3.63) is 64.1 Å². The zero-order valence-electron chi connectivity index (χ0n) is 10.5. The summed E-state index contributed by atoms with van der Waals surface area (Å²) in [6, 6.07) is 11.8. The van der Waals surface area contributed by atoms with Crippen molar-refractivity contribution in [3.63, 3.8) is 0 Å². The van der Waals surface area contributed by atoms with E-state index in [0.717, 1.165) is 0 Å². The van der Waals surface area contributed by atoms with Crippen molar-refractivity contribution in [1.82, 2.24) is 10.3 Å². The number of carbonyl (C=O) groups excluding carboxylic acids is 1. The Balaban J connectivity index is 2.10. The molecule has 2 aromatic rings. The van der Waals surface area contributed by atoms with Crippen molar-refractivity contribution in [2.45, 2.75) is 4.90 Å². The topological polar surface area (TPSA) is 75.3 Å². The Morgan fingerprint density at radius 3 is 2.19 bits per heavy atom. The van der Waals surface area contributed by atoms with Gasteiger partial charge in [0.05, 0.1) is 15.5 Å². The Hall–Kier alpha value is -1.60. The molecule has 110 valence electrons. The molecule has 8 heteroatoms. The van der Waals surface area contributed by atoms with Crippen LogP contribution in [-0.2, 0) is 10.0 Å². The summed E-state index contributed by atoms with van der Waals surface area (Å²) in [5, 5.41) is 0.634. The van der Waals surface area contributed by atoms with Gasteiger partial charge in [0.2, 0.25) is 0 Å². The van der Waals surface area contributed by atoms with Crippen LogP contribution in [-0.4, -0.2) is 14.3 Å². The van der Waals surface area contributed by atoms with Gasteiger partial charge in [-0.3, -0.25) is 10.2 Å². The first-order chi connectivity index (χ1) is 9.90. The van der Waals surface area contributed by atoms with Crippen molar-refractivity contribution in [2.24, 2.45) is 0 Å². The Bertz CT molecular complexity index is 761. The molecule has 0 aliphatic rings. The lowest BCUT2D eigenvalue weighted by molar-refractivity contribution is 0.0945. The van der Waals surface area contributed by atoms with E-state index < -0.39 is 15.9 Å². The maximum atomic E-state index is 12.0. The number of hydrogen-bond acceptors (Lipinski definition) is 3. The summed E-state index contributed by atoms with van der Waals surface area (Å²) in [4.78, 5) is 13.8. The second-order valence-electron chi connectivity index (χ2n) is 3.99. The fourth-order valence-electron chi connectivity index (χ4n) is 1.50. The minimum atomic E-state index is -3.88. The number of hydrogen-bond donors (Lipinski definition) is 2. The highest BCUT2D eigenvalue weighted by molar-refractivity contribution is 7.89. The number of halogens is 2. The number of rotatable bonds is 4. The maximum Gasteiger partial charge on any atom is 0.267 e. The fourth-order valence-corrected chi connectivity index (χ4v) is 2.69. The number of benzene rings is 2. The third-order valence-corrected chi connectivity index (χ3v) is 4.39. The molecule has 2 N–H and O–H groups in total. The molecular weight excluding hydrogens is 335 g/mol. The average molecular weight is 345 g/mol. The highest BCUT2D eigenvalue weighted by Gasteiger charge is 2.16. The molecule has 0 heterocycles. The van der Waals surface area contributed by atoms with Crippen molar-refractivity contribution < 1.29 is 13.2 Å². The molecule has 2 aromatic carbocycles. The summed E-state index contributed by atoms with van der Waals surface area (Å²) in [7, 11) is -3.88. The number of carbonyl (C=O) groups is 1. The van der Waals surface area contributed by atoms with Crippen LogP contribution in [0.15, 0.2) is 53.4 Å².